The molecule has 0 bridgehead atoms. The minimum Gasteiger partial charge on any atom is -0.567 e. The fourth-order valence-electron chi connectivity index (χ4n) is 0. The Balaban J connectivity index is 0. The highest BCUT2D eigenvalue weighted by Gasteiger charge is 1.73. The molecule has 0 fully saturated rings. The lowest BCUT2D eigenvalue weighted by Gasteiger charge is -1.59. The van der Waals surface area contributed by atoms with Crippen molar-refractivity contribution in [2.75, 3.05) is 0 Å². The third-order valence-corrected chi connectivity index (χ3v) is 0. The number of rotatable bonds is 0. The summed E-state index contributed by atoms with van der Waals surface area (Å²) in [5.74, 6) is -0.0833. The zero-order valence-corrected chi connectivity index (χ0v) is 4.84. The summed E-state index contributed by atoms with van der Waals surface area (Å²) >= 11 is 0. The first kappa shape index (κ1) is 10.3. The van der Waals surface area contributed by atoms with Crippen LogP contribution in [0.25, 0.3) is 0 Å². The van der Waals surface area contributed by atoms with Crippen molar-refractivity contribution in [3.8, 4) is 0 Å². The van der Waals surface area contributed by atoms with Crippen molar-refractivity contribution in [2.45, 2.75) is 0 Å². The van der Waals surface area contributed by atoms with E-state index >= 15 is 0 Å². The van der Waals surface area contributed by atoms with Gasteiger partial charge in [0.05, 0.1) is 0 Å². The van der Waals surface area contributed by atoms with E-state index in [1.165, 1.54) is 0 Å². The summed E-state index contributed by atoms with van der Waals surface area (Å²) in [5, 5.41) is 4.58. The Morgan fingerprint density at radius 1 is 1.75 bits per heavy atom. The summed E-state index contributed by atoms with van der Waals surface area (Å²) in [6, 6.07) is 0. The van der Waals surface area contributed by atoms with Crippen molar-refractivity contribution in [1.82, 2.24) is 0 Å². The van der Waals surface area contributed by atoms with Gasteiger partial charge in [0.1, 0.15) is 0 Å². The van der Waals surface area contributed by atoms with E-state index in [1.54, 1.807) is 0 Å². The van der Waals surface area contributed by atoms with Gasteiger partial charge in [0.2, 0.25) is 0 Å². The third kappa shape index (κ3) is 193. The van der Waals surface area contributed by atoms with Gasteiger partial charge in [-0.15, -0.1) is 0 Å². The molecule has 0 saturated carbocycles. The Hall–Kier alpha value is -0.710. The molecule has 0 aliphatic carbocycles. The highest BCUT2D eigenvalue weighted by Crippen LogP contribution is 1.89. The van der Waals surface area contributed by atoms with E-state index in [-0.39, 0.29) is 5.96 Å². The van der Waals surface area contributed by atoms with Gasteiger partial charge in [-0.2, -0.15) is 4.89 Å². The molecular weight excluding hydrogens is 133 g/mol. The lowest BCUT2D eigenvalue weighted by atomic mass is 11.1. The summed E-state index contributed by atoms with van der Waals surface area (Å²) in [5.41, 5.74) is 9.17. The topological polar surface area (TPSA) is 138 Å². The Kier molecular flexibility index (Phi) is 8.10. The van der Waals surface area contributed by atoms with E-state index in [0.717, 1.165) is 0 Å². The molecule has 6 nitrogen and oxygen atoms in total. The second-order valence-electron chi connectivity index (χ2n) is 0.738. The quantitative estimate of drug-likeness (QED) is 0.154. The van der Waals surface area contributed by atoms with Crippen LogP contribution in [0, 0.1) is 0 Å². The van der Waals surface area contributed by atoms with E-state index in [0.29, 0.717) is 0 Å². The van der Waals surface area contributed by atoms with Gasteiger partial charge in [0.15, 0.2) is 0 Å². The van der Waals surface area contributed by atoms with Gasteiger partial charge in [-0.25, -0.2) is 0 Å². The Bertz CT molecular complexity index is 72.5. The van der Waals surface area contributed by atoms with Crippen LogP contribution < -0.4 is 21.8 Å². The maximum atomic E-state index is 8.59. The van der Waals surface area contributed by atoms with Gasteiger partial charge in [0, 0.05) is 0 Å². The molecule has 0 radical (unpaired) electrons. The van der Waals surface area contributed by atoms with E-state index in [1.807, 2.05) is 0 Å². The molecule has 0 spiro atoms. The van der Waals surface area contributed by atoms with Crippen LogP contribution in [0.1, 0.15) is 0 Å². The molecule has 48 valence electrons. The van der Waals surface area contributed by atoms with Crippen LogP contribution in [-0.4, -0.2) is 10.9 Å². The first-order chi connectivity index (χ1) is 3.46. The average molecular weight is 140 g/mol. The van der Waals surface area contributed by atoms with Crippen molar-refractivity contribution in [2.24, 2.45) is 11.5 Å². The van der Waals surface area contributed by atoms with Crippen LogP contribution >= 0.6 is 8.25 Å². The molecule has 0 aliphatic rings. The summed E-state index contributed by atoms with van der Waals surface area (Å²) in [4.78, 5) is 15.6. The van der Waals surface area contributed by atoms with Crippen molar-refractivity contribution in [1.29, 1.82) is 0 Å². The first-order valence-corrected chi connectivity index (χ1v) is 2.56. The Morgan fingerprint density at radius 3 is 1.75 bits per heavy atom. The van der Waals surface area contributed by atoms with Gasteiger partial charge < -0.3 is 4.89 Å². The molecular formula is CH7N3O3P+. The summed E-state index contributed by atoms with van der Waals surface area (Å²) in [6.07, 6.45) is 0. The first-order valence-electron chi connectivity index (χ1n) is 1.43. The predicted molar refractivity (Wildman–Crippen MR) is 25.1 cm³/mol. The lowest BCUT2D eigenvalue weighted by Crippen LogP contribution is -2.51. The predicted octanol–water partition coefficient (Wildman–Crippen LogP) is -3.98. The molecule has 0 amide bonds. The normalized spacial score (nSPS) is 8.50. The highest BCUT2D eigenvalue weighted by molar-refractivity contribution is 7.29. The molecule has 7 N–H and O–H groups in total. The number of hydrogen-bond donors (Lipinski definition) is 4. The fourth-order valence-corrected chi connectivity index (χ4v) is 0. The van der Waals surface area contributed by atoms with Crippen LogP contribution in [-0.2, 0) is 4.57 Å². The molecule has 0 aromatic rings. The zero-order valence-electron chi connectivity index (χ0n) is 3.94. The van der Waals surface area contributed by atoms with E-state index in [9.17, 15) is 0 Å². The van der Waals surface area contributed by atoms with E-state index in [2.05, 4.69) is 16.9 Å². The molecule has 7 heteroatoms. The summed E-state index contributed by atoms with van der Waals surface area (Å²) < 4.78 is 8.59. The number of hydrogen-bond acceptors (Lipinski definition) is 2. The Labute approximate surface area is 46.6 Å². The molecule has 0 aromatic heterocycles. The van der Waals surface area contributed by atoms with E-state index in [4.69, 9.17) is 14.4 Å². The molecule has 0 aliphatic heterocycles. The largest absolute Gasteiger partial charge is 0.567 e. The van der Waals surface area contributed by atoms with Crippen LogP contribution in [0.4, 0.5) is 0 Å². The monoisotopic (exact) mass is 140 g/mol. The van der Waals surface area contributed by atoms with E-state index < -0.39 is 8.25 Å². The van der Waals surface area contributed by atoms with Gasteiger partial charge in [-0.05, 0) is 4.57 Å². The minimum absolute atomic E-state index is 0.0833. The molecule has 0 aromatic carbocycles. The van der Waals surface area contributed by atoms with Gasteiger partial charge in [-0.1, -0.05) is 0 Å². The minimum atomic E-state index is -3.12. The molecule has 1 atom stereocenters. The lowest BCUT2D eigenvalue weighted by molar-refractivity contribution is -0.180. The van der Waals surface area contributed by atoms with Crippen LogP contribution in [0.2, 0.25) is 0 Å². The van der Waals surface area contributed by atoms with Gasteiger partial charge in [0.25, 0.3) is 0 Å². The van der Waals surface area contributed by atoms with Gasteiger partial charge >= 0.3 is 14.2 Å². The van der Waals surface area contributed by atoms with Crippen LogP contribution in [0.15, 0.2) is 0 Å². The zero-order chi connectivity index (χ0) is 7.15. The summed E-state index contributed by atoms with van der Waals surface area (Å²) in [7, 11) is -3.12. The van der Waals surface area contributed by atoms with Crippen molar-refractivity contribution >= 4 is 14.2 Å². The van der Waals surface area contributed by atoms with Crippen molar-refractivity contribution < 1.29 is 19.8 Å². The molecule has 0 rings (SSSR count). The second kappa shape index (κ2) is 6.29. The van der Waals surface area contributed by atoms with Crippen molar-refractivity contribution in [3.63, 3.8) is 0 Å². The number of nitrogens with two attached hydrogens (primary N) is 3. The highest BCUT2D eigenvalue weighted by atomic mass is 31.1. The van der Waals surface area contributed by atoms with Crippen molar-refractivity contribution in [3.05, 3.63) is 0 Å². The average Bonchev–Trinajstić information content (AvgIpc) is 1.25. The second-order valence-corrected chi connectivity index (χ2v) is 1.21. The smallest absolute Gasteiger partial charge is 0.485 e. The molecule has 8 heavy (non-hydrogen) atoms. The Morgan fingerprint density at radius 2 is 1.75 bits per heavy atom. The van der Waals surface area contributed by atoms with Crippen LogP contribution in [0.5, 0.6) is 0 Å². The standard InChI is InChI=1S/CH5N3.HO3P/c2-1(3)4;1-4(2)3/h(H5,2,3,4);(H,1,2,3)/p+1. The molecule has 0 heterocycles. The summed E-state index contributed by atoms with van der Waals surface area (Å²) in [6.45, 7) is 0. The maximum absolute atomic E-state index is 8.59. The number of guanidine groups is 1. The molecule has 1 unspecified atom stereocenters. The molecule has 0 saturated heterocycles. The fraction of sp³-hybridized carbons (Fsp3) is 0. The SMILES string of the molecule is NC(N)=[NH2+].O=[P+]([O-])O. The maximum Gasteiger partial charge on any atom is 0.485 e. The van der Waals surface area contributed by atoms with Gasteiger partial charge in [-0.3, -0.25) is 16.9 Å². The van der Waals surface area contributed by atoms with Crippen LogP contribution in [0.3, 0.4) is 0 Å². The third-order valence-electron chi connectivity index (χ3n) is 0.